The standard InChI is InChI=1S/C18H14N6O2S/c1-10-3-11(2)5-12(4-10)17-22-23-18(26-17)27-9-14-6-15(25)24-16(21-14)13(7-19)8-20-24/h3-6,8,20H,9H2,1-2H3. The predicted molar refractivity (Wildman–Crippen MR) is 99.3 cm³/mol. The van der Waals surface area contributed by atoms with Crippen LogP contribution in [0.3, 0.4) is 0 Å². The minimum atomic E-state index is -0.279. The van der Waals surface area contributed by atoms with Crippen LogP contribution in [0.1, 0.15) is 22.4 Å². The predicted octanol–water partition coefficient (Wildman–Crippen LogP) is 2.85. The van der Waals surface area contributed by atoms with Gasteiger partial charge in [0.2, 0.25) is 5.89 Å². The zero-order valence-electron chi connectivity index (χ0n) is 14.6. The lowest BCUT2D eigenvalue weighted by Crippen LogP contribution is -2.15. The number of H-pyrrole nitrogens is 1. The number of thioether (sulfide) groups is 1. The number of fused-ring (bicyclic) bond motifs is 1. The Kier molecular flexibility index (Phi) is 4.25. The molecule has 0 spiro atoms. The molecule has 0 amide bonds. The minimum Gasteiger partial charge on any atom is -0.411 e. The first-order valence-corrected chi connectivity index (χ1v) is 9.07. The molecule has 0 unspecified atom stereocenters. The van der Waals surface area contributed by atoms with Gasteiger partial charge in [0.1, 0.15) is 11.6 Å². The van der Waals surface area contributed by atoms with Gasteiger partial charge in [-0.25, -0.2) is 9.50 Å². The number of benzene rings is 1. The molecule has 0 bridgehead atoms. The first-order chi connectivity index (χ1) is 13.0. The second-order valence-electron chi connectivity index (χ2n) is 6.08. The van der Waals surface area contributed by atoms with Crippen molar-refractivity contribution in [3.05, 3.63) is 63.2 Å². The zero-order chi connectivity index (χ0) is 19.0. The number of nitriles is 1. The van der Waals surface area contributed by atoms with Crippen molar-refractivity contribution in [2.75, 3.05) is 0 Å². The van der Waals surface area contributed by atoms with Crippen LogP contribution in [-0.2, 0) is 5.75 Å². The third kappa shape index (κ3) is 3.35. The van der Waals surface area contributed by atoms with Crippen LogP contribution < -0.4 is 5.56 Å². The highest BCUT2D eigenvalue weighted by Gasteiger charge is 2.13. The number of nitrogens with one attached hydrogen (secondary N) is 1. The maximum absolute atomic E-state index is 12.1. The van der Waals surface area contributed by atoms with E-state index in [-0.39, 0.29) is 5.56 Å². The molecular weight excluding hydrogens is 364 g/mol. The summed E-state index contributed by atoms with van der Waals surface area (Å²) in [5.41, 5.74) is 3.99. The summed E-state index contributed by atoms with van der Waals surface area (Å²) in [6, 6.07) is 9.47. The molecule has 0 aliphatic rings. The lowest BCUT2D eigenvalue weighted by atomic mass is 10.1. The van der Waals surface area contributed by atoms with Crippen molar-refractivity contribution in [2.24, 2.45) is 0 Å². The van der Waals surface area contributed by atoms with Gasteiger partial charge in [-0.2, -0.15) is 5.26 Å². The first-order valence-electron chi connectivity index (χ1n) is 8.08. The molecule has 0 fully saturated rings. The summed E-state index contributed by atoms with van der Waals surface area (Å²) in [6.45, 7) is 4.03. The Morgan fingerprint density at radius 3 is 2.74 bits per heavy atom. The number of hydrogen-bond acceptors (Lipinski definition) is 7. The van der Waals surface area contributed by atoms with Gasteiger partial charge in [-0.15, -0.1) is 10.2 Å². The van der Waals surface area contributed by atoms with Crippen molar-refractivity contribution in [1.29, 1.82) is 5.26 Å². The van der Waals surface area contributed by atoms with Crippen LogP contribution in [0.5, 0.6) is 0 Å². The normalized spacial score (nSPS) is 11.0. The highest BCUT2D eigenvalue weighted by Crippen LogP contribution is 2.26. The van der Waals surface area contributed by atoms with E-state index in [1.165, 1.54) is 28.5 Å². The summed E-state index contributed by atoms with van der Waals surface area (Å²) in [6.07, 6.45) is 1.45. The molecule has 8 nitrogen and oxygen atoms in total. The molecule has 1 aromatic carbocycles. The van der Waals surface area contributed by atoms with Crippen LogP contribution in [0.25, 0.3) is 17.1 Å². The van der Waals surface area contributed by atoms with Crippen molar-refractivity contribution in [3.8, 4) is 17.5 Å². The third-order valence-electron chi connectivity index (χ3n) is 3.89. The average Bonchev–Trinajstić information content (AvgIpc) is 3.26. The molecule has 0 radical (unpaired) electrons. The highest BCUT2D eigenvalue weighted by atomic mass is 32.2. The molecular formula is C18H14N6O2S. The average molecular weight is 378 g/mol. The van der Waals surface area contributed by atoms with E-state index in [9.17, 15) is 4.79 Å². The fourth-order valence-corrected chi connectivity index (χ4v) is 3.46. The first kappa shape index (κ1) is 17.1. The second-order valence-corrected chi connectivity index (χ2v) is 7.01. The number of nitrogens with zero attached hydrogens (tertiary/aromatic N) is 5. The van der Waals surface area contributed by atoms with Crippen molar-refractivity contribution in [1.82, 2.24) is 24.8 Å². The topological polar surface area (TPSA) is 113 Å². The summed E-state index contributed by atoms with van der Waals surface area (Å²) in [5, 5.41) is 20.3. The Bertz CT molecular complexity index is 1230. The van der Waals surface area contributed by atoms with Crippen LogP contribution in [0.2, 0.25) is 0 Å². The monoisotopic (exact) mass is 378 g/mol. The van der Waals surface area contributed by atoms with Gasteiger partial charge in [-0.3, -0.25) is 9.89 Å². The zero-order valence-corrected chi connectivity index (χ0v) is 15.4. The Morgan fingerprint density at radius 1 is 1.22 bits per heavy atom. The molecule has 3 heterocycles. The van der Waals surface area contributed by atoms with Crippen LogP contribution in [-0.4, -0.2) is 24.8 Å². The molecule has 0 atom stereocenters. The maximum Gasteiger partial charge on any atom is 0.277 e. The highest BCUT2D eigenvalue weighted by molar-refractivity contribution is 7.98. The van der Waals surface area contributed by atoms with E-state index < -0.39 is 0 Å². The summed E-state index contributed by atoms with van der Waals surface area (Å²) in [4.78, 5) is 16.5. The van der Waals surface area contributed by atoms with Crippen molar-refractivity contribution in [2.45, 2.75) is 24.8 Å². The van der Waals surface area contributed by atoms with Gasteiger partial charge < -0.3 is 4.42 Å². The van der Waals surface area contributed by atoms with Crippen molar-refractivity contribution >= 4 is 17.4 Å². The summed E-state index contributed by atoms with van der Waals surface area (Å²) >= 11 is 1.29. The molecule has 4 aromatic rings. The largest absolute Gasteiger partial charge is 0.411 e. The van der Waals surface area contributed by atoms with Gasteiger partial charge in [-0.1, -0.05) is 29.0 Å². The Labute approximate surface area is 157 Å². The molecule has 0 aliphatic carbocycles. The molecule has 0 aliphatic heterocycles. The Balaban J connectivity index is 1.56. The summed E-state index contributed by atoms with van der Waals surface area (Å²) in [5.74, 6) is 0.821. The lowest BCUT2D eigenvalue weighted by Gasteiger charge is -2.00. The lowest BCUT2D eigenvalue weighted by molar-refractivity contribution is 0.465. The van der Waals surface area contributed by atoms with E-state index >= 15 is 0 Å². The minimum absolute atomic E-state index is 0.279. The van der Waals surface area contributed by atoms with E-state index in [1.54, 1.807) is 0 Å². The number of rotatable bonds is 4. The number of hydrogen-bond donors (Lipinski definition) is 1. The molecule has 4 rings (SSSR count). The molecule has 1 N–H and O–H groups in total. The fraction of sp³-hybridized carbons (Fsp3) is 0.167. The summed E-state index contributed by atoms with van der Waals surface area (Å²) < 4.78 is 6.95. The number of aryl methyl sites for hydroxylation is 2. The van der Waals surface area contributed by atoms with Gasteiger partial charge >= 0.3 is 0 Å². The van der Waals surface area contributed by atoms with Crippen LogP contribution in [0.15, 0.2) is 44.9 Å². The Morgan fingerprint density at radius 2 is 2.00 bits per heavy atom. The molecule has 27 heavy (non-hydrogen) atoms. The van der Waals surface area contributed by atoms with E-state index in [0.29, 0.717) is 33.8 Å². The van der Waals surface area contributed by atoms with Crippen LogP contribution >= 0.6 is 11.8 Å². The third-order valence-corrected chi connectivity index (χ3v) is 4.74. The smallest absolute Gasteiger partial charge is 0.277 e. The van der Waals surface area contributed by atoms with Gasteiger partial charge in [-0.05, 0) is 26.0 Å². The second kappa shape index (κ2) is 6.74. The molecule has 9 heteroatoms. The Hall–Kier alpha value is -3.38. The fourth-order valence-electron chi connectivity index (χ4n) is 2.80. The van der Waals surface area contributed by atoms with E-state index in [1.807, 2.05) is 32.0 Å². The van der Waals surface area contributed by atoms with Gasteiger partial charge in [0.15, 0.2) is 5.65 Å². The summed E-state index contributed by atoms with van der Waals surface area (Å²) in [7, 11) is 0. The van der Waals surface area contributed by atoms with Gasteiger partial charge in [0.05, 0.1) is 5.69 Å². The molecule has 0 saturated carbocycles. The maximum atomic E-state index is 12.1. The van der Waals surface area contributed by atoms with E-state index in [2.05, 4.69) is 26.3 Å². The molecule has 134 valence electrons. The van der Waals surface area contributed by atoms with Gasteiger partial charge in [0.25, 0.3) is 10.8 Å². The number of aromatic nitrogens is 5. The van der Waals surface area contributed by atoms with Gasteiger partial charge in [0, 0.05) is 23.6 Å². The van der Waals surface area contributed by atoms with E-state index in [0.717, 1.165) is 16.7 Å². The van der Waals surface area contributed by atoms with Crippen molar-refractivity contribution in [3.63, 3.8) is 0 Å². The number of aromatic amines is 1. The van der Waals surface area contributed by atoms with Crippen LogP contribution in [0.4, 0.5) is 0 Å². The molecule has 3 aromatic heterocycles. The van der Waals surface area contributed by atoms with Crippen LogP contribution in [0, 0.1) is 25.2 Å². The SMILES string of the molecule is Cc1cc(C)cc(-c2nnc(SCc3cc(=O)n4[nH]cc(C#N)c4n3)o2)c1. The molecule has 0 saturated heterocycles. The quantitative estimate of drug-likeness (QED) is 0.543. The van der Waals surface area contributed by atoms with E-state index in [4.69, 9.17) is 9.68 Å². The van der Waals surface area contributed by atoms with Crippen molar-refractivity contribution < 1.29 is 4.42 Å².